The molecule has 3 heteroatoms. The molecule has 4 aromatic rings. The maximum absolute atomic E-state index is 4.86. The van der Waals surface area contributed by atoms with Crippen LogP contribution < -0.4 is 0 Å². The molecule has 2 radical (unpaired) electrons. The quantitative estimate of drug-likeness (QED) is 0.260. The predicted molar refractivity (Wildman–Crippen MR) is 112 cm³/mol. The van der Waals surface area contributed by atoms with E-state index >= 15 is 0 Å². The zero-order valence-electron chi connectivity index (χ0n) is 16.0. The van der Waals surface area contributed by atoms with Gasteiger partial charge in [0, 0.05) is 6.61 Å². The fourth-order valence-corrected chi connectivity index (χ4v) is 3.05. The van der Waals surface area contributed by atoms with E-state index in [1.807, 2.05) is 13.5 Å². The number of aryl methyl sites for hydroxylation is 2. The van der Waals surface area contributed by atoms with Crippen LogP contribution in [0.25, 0.3) is 21.5 Å². The summed E-state index contributed by atoms with van der Waals surface area (Å²) in [6.07, 6.45) is 0. The molecule has 0 aliphatic heterocycles. The molecule has 0 fully saturated rings. The van der Waals surface area contributed by atoms with E-state index < -0.39 is 0 Å². The molecule has 1 nitrogen and oxygen atoms in total. The van der Waals surface area contributed by atoms with E-state index in [2.05, 4.69) is 86.6 Å². The molecule has 0 saturated carbocycles. The van der Waals surface area contributed by atoms with Gasteiger partial charge in [-0.1, -0.05) is 26.0 Å². The molecule has 4 rings (SSSR count). The Morgan fingerprint density at radius 3 is 1.54 bits per heavy atom. The molecule has 0 aliphatic rings. The average Bonchev–Trinajstić information content (AvgIpc) is 3.17. The van der Waals surface area contributed by atoms with Gasteiger partial charge in [-0.25, -0.2) is 0 Å². The monoisotopic (exact) mass is 436 g/mol. The van der Waals surface area contributed by atoms with Crippen molar-refractivity contribution >= 4 is 31.3 Å². The van der Waals surface area contributed by atoms with Crippen molar-refractivity contribution in [1.82, 2.24) is 0 Å². The minimum atomic E-state index is 0. The number of hydrogen-bond acceptors (Lipinski definition) is 1. The van der Waals surface area contributed by atoms with Gasteiger partial charge >= 0.3 is 26.2 Å². The Labute approximate surface area is 179 Å². The SMILES string of the molecule is CCO[Si]C.Cc1cc2ccccc2[cH-]1.Cc1cc2ccccc2[cH-]1.[Zr+2]. The van der Waals surface area contributed by atoms with Crippen LogP contribution in [0.5, 0.6) is 0 Å². The Kier molecular flexibility index (Phi) is 10.7. The molecule has 0 heterocycles. The van der Waals surface area contributed by atoms with Gasteiger partial charge in [-0.3, -0.25) is 0 Å². The number of fused-ring (bicyclic) bond motifs is 2. The number of rotatable bonds is 2. The molecule has 0 aliphatic carbocycles. The molecule has 0 N–H and O–H groups in total. The Morgan fingerprint density at radius 2 is 1.23 bits per heavy atom. The van der Waals surface area contributed by atoms with Crippen LogP contribution in [0.1, 0.15) is 18.1 Å². The zero-order valence-corrected chi connectivity index (χ0v) is 19.5. The molecule has 0 atom stereocenters. The van der Waals surface area contributed by atoms with Crippen molar-refractivity contribution in [3.8, 4) is 0 Å². The molecule has 26 heavy (non-hydrogen) atoms. The van der Waals surface area contributed by atoms with Crippen molar-refractivity contribution in [1.29, 1.82) is 0 Å². The predicted octanol–water partition coefficient (Wildman–Crippen LogP) is 6.42. The maximum atomic E-state index is 4.86. The summed E-state index contributed by atoms with van der Waals surface area (Å²) in [5, 5.41) is 5.39. The van der Waals surface area contributed by atoms with Crippen molar-refractivity contribution in [2.45, 2.75) is 27.3 Å². The van der Waals surface area contributed by atoms with Crippen molar-refractivity contribution in [3.63, 3.8) is 0 Å². The molecule has 0 unspecified atom stereocenters. The van der Waals surface area contributed by atoms with Crippen LogP contribution in [0.15, 0.2) is 72.8 Å². The van der Waals surface area contributed by atoms with Crippen LogP contribution in [-0.2, 0) is 30.6 Å². The van der Waals surface area contributed by atoms with E-state index in [9.17, 15) is 0 Å². The molecular formula is C23H26OSiZr. The van der Waals surface area contributed by atoms with Crippen molar-refractivity contribution in [2.24, 2.45) is 0 Å². The first-order valence-corrected chi connectivity index (χ1v) is 10.1. The van der Waals surface area contributed by atoms with Crippen LogP contribution in [0, 0.1) is 13.8 Å². The fraction of sp³-hybridized carbons (Fsp3) is 0.217. The summed E-state index contributed by atoms with van der Waals surface area (Å²) in [7, 11) is 0.658. The molecule has 132 valence electrons. The standard InChI is InChI=1S/2C10H9.C3H8OSi.Zr/c2*1-8-6-9-4-2-3-5-10(9)7-8;1-3-4-5-2;/h2*2-7H,1H3;3H2,1-2H3;/q2*-1;;+2. The molecule has 0 bridgehead atoms. The van der Waals surface area contributed by atoms with Gasteiger partial charge in [-0.05, 0) is 13.5 Å². The van der Waals surface area contributed by atoms with Crippen molar-refractivity contribution < 1.29 is 30.6 Å². The summed E-state index contributed by atoms with van der Waals surface area (Å²) in [5.74, 6) is 0. The van der Waals surface area contributed by atoms with E-state index in [-0.39, 0.29) is 26.2 Å². The second kappa shape index (κ2) is 12.2. The van der Waals surface area contributed by atoms with E-state index in [0.717, 1.165) is 6.61 Å². The van der Waals surface area contributed by atoms with E-state index in [4.69, 9.17) is 4.43 Å². The summed E-state index contributed by atoms with van der Waals surface area (Å²) >= 11 is 0. The number of hydrogen-bond donors (Lipinski definition) is 0. The average molecular weight is 438 g/mol. The van der Waals surface area contributed by atoms with Crippen molar-refractivity contribution in [2.75, 3.05) is 6.61 Å². The van der Waals surface area contributed by atoms with Gasteiger partial charge in [0.1, 0.15) is 0 Å². The van der Waals surface area contributed by atoms with Gasteiger partial charge in [0.05, 0.1) is 0 Å². The third-order valence-corrected chi connectivity index (χ3v) is 4.39. The van der Waals surface area contributed by atoms with Gasteiger partial charge in [0.25, 0.3) is 0 Å². The summed E-state index contributed by atoms with van der Waals surface area (Å²) in [5.41, 5.74) is 2.70. The molecule has 0 aromatic heterocycles. The Hall–Kier alpha value is -1.28. The summed E-state index contributed by atoms with van der Waals surface area (Å²) < 4.78 is 4.86. The van der Waals surface area contributed by atoms with Gasteiger partial charge in [0.2, 0.25) is 9.76 Å². The Morgan fingerprint density at radius 1 is 0.808 bits per heavy atom. The molecule has 4 aromatic carbocycles. The van der Waals surface area contributed by atoms with Gasteiger partial charge in [-0.2, -0.15) is 12.1 Å². The molecular weight excluding hydrogens is 412 g/mol. The van der Waals surface area contributed by atoms with Crippen LogP contribution in [0.2, 0.25) is 6.55 Å². The number of benzene rings is 2. The van der Waals surface area contributed by atoms with Crippen molar-refractivity contribution in [3.05, 3.63) is 83.9 Å². The smallest absolute Gasteiger partial charge is 0.418 e. The Balaban J connectivity index is 0.000000204. The fourth-order valence-electron chi connectivity index (χ4n) is 2.76. The third kappa shape index (κ3) is 7.15. The van der Waals surface area contributed by atoms with E-state index in [1.54, 1.807) is 0 Å². The molecule has 0 saturated heterocycles. The van der Waals surface area contributed by atoms with E-state index in [0.29, 0.717) is 9.76 Å². The second-order valence-electron chi connectivity index (χ2n) is 5.96. The first-order chi connectivity index (χ1) is 12.1. The van der Waals surface area contributed by atoms with E-state index in [1.165, 1.54) is 32.7 Å². The molecule has 0 spiro atoms. The van der Waals surface area contributed by atoms with Gasteiger partial charge in [0.15, 0.2) is 0 Å². The minimum absolute atomic E-state index is 0. The minimum Gasteiger partial charge on any atom is -0.418 e. The summed E-state index contributed by atoms with van der Waals surface area (Å²) in [6.45, 7) is 9.12. The van der Waals surface area contributed by atoms with Crippen LogP contribution >= 0.6 is 0 Å². The first kappa shape index (κ1) is 22.8. The summed E-state index contributed by atoms with van der Waals surface area (Å²) in [4.78, 5) is 0. The first-order valence-electron chi connectivity index (χ1n) is 8.66. The zero-order chi connectivity index (χ0) is 18.1. The normalized spacial score (nSPS) is 9.69. The second-order valence-corrected chi connectivity index (χ2v) is 6.66. The van der Waals surface area contributed by atoms with Crippen LogP contribution in [-0.4, -0.2) is 16.4 Å². The van der Waals surface area contributed by atoms with Crippen LogP contribution in [0.3, 0.4) is 0 Å². The largest absolute Gasteiger partial charge is 2.00 e. The van der Waals surface area contributed by atoms with Crippen LogP contribution in [0.4, 0.5) is 0 Å². The Bertz CT molecular complexity index is 751. The van der Waals surface area contributed by atoms with Gasteiger partial charge in [-0.15, -0.1) is 81.2 Å². The maximum Gasteiger partial charge on any atom is 2.00 e. The molecule has 0 amide bonds. The topological polar surface area (TPSA) is 9.23 Å². The van der Waals surface area contributed by atoms with Gasteiger partial charge < -0.3 is 4.43 Å². The third-order valence-electron chi connectivity index (χ3n) is 3.81. The summed E-state index contributed by atoms with van der Waals surface area (Å²) in [6, 6.07) is 25.7.